The summed E-state index contributed by atoms with van der Waals surface area (Å²) in [6, 6.07) is 40.2. The minimum Gasteiger partial charge on any atom is -0.505 e. The number of hydrogen-bond donors (Lipinski definition) is 2. The Hall–Kier alpha value is -6.13. The van der Waals surface area contributed by atoms with Gasteiger partial charge in [-0.15, -0.1) is 0 Å². The second-order valence-corrected chi connectivity index (χ2v) is 35.1. The predicted molar refractivity (Wildman–Crippen MR) is 403 cm³/mol. The fraction of sp³-hybridized carbons (Fsp3) is 0.412. The Labute approximate surface area is 601 Å². The van der Waals surface area contributed by atoms with E-state index in [1.165, 1.54) is 34.4 Å². The summed E-state index contributed by atoms with van der Waals surface area (Å²) in [4.78, 5) is 0. The van der Waals surface area contributed by atoms with Gasteiger partial charge in [0.15, 0.2) is 23.1 Å². The molecule has 10 aromatic rings. The van der Waals surface area contributed by atoms with Crippen molar-refractivity contribution in [2.75, 3.05) is 13.2 Å². The van der Waals surface area contributed by atoms with Crippen molar-refractivity contribution in [1.82, 2.24) is 9.13 Å². The Morgan fingerprint density at radius 1 is 0.365 bits per heavy atom. The quantitative estimate of drug-likeness (QED) is 0.0647. The maximum absolute atomic E-state index is 16.9. The molecule has 0 aliphatic heterocycles. The molecule has 0 saturated carbocycles. The number of hydrogen-bond acceptors (Lipinski definition) is 4. The molecule has 0 fully saturated rings. The number of ether oxygens (including phenoxy) is 2. The molecule has 2 heterocycles. The van der Waals surface area contributed by atoms with Crippen LogP contribution < -0.4 is 9.47 Å². The van der Waals surface area contributed by atoms with Crippen LogP contribution in [0.3, 0.4) is 0 Å². The molecule has 96 heavy (non-hydrogen) atoms. The summed E-state index contributed by atoms with van der Waals surface area (Å²) < 4.78 is 51.1. The molecule has 0 spiro atoms. The van der Waals surface area contributed by atoms with Crippen LogP contribution >= 0.6 is 23.2 Å². The Balaban J connectivity index is 0.00000433. The van der Waals surface area contributed by atoms with Gasteiger partial charge < -0.3 is 43.7 Å². The summed E-state index contributed by atoms with van der Waals surface area (Å²) in [5.74, 6) is -1.75. The molecule has 0 bridgehead atoms. The number of aromatic nitrogens is 2. The van der Waals surface area contributed by atoms with Gasteiger partial charge in [-0.2, -0.15) is 0 Å². The number of fused-ring (bicyclic) bond motifs is 6. The smallest absolute Gasteiger partial charge is 0.167 e. The summed E-state index contributed by atoms with van der Waals surface area (Å²) in [5.41, 5.74) is 11.2. The van der Waals surface area contributed by atoms with E-state index >= 15 is 8.78 Å². The molecule has 0 radical (unpaired) electrons. The van der Waals surface area contributed by atoms with Gasteiger partial charge in [0, 0.05) is 86.1 Å². The Morgan fingerprint density at radius 3 is 0.885 bits per heavy atom. The van der Waals surface area contributed by atoms with Crippen LogP contribution in [-0.4, -0.2) is 32.6 Å². The third kappa shape index (κ3) is 15.6. The van der Waals surface area contributed by atoms with Crippen molar-refractivity contribution < 1.29 is 54.3 Å². The van der Waals surface area contributed by atoms with Gasteiger partial charge in [-0.3, -0.25) is 0 Å². The van der Waals surface area contributed by atoms with Crippen LogP contribution in [0.1, 0.15) is 205 Å². The molecule has 2 aromatic heterocycles. The first kappa shape index (κ1) is 77.2. The number of phenolic OH excluding ortho intramolecular Hbond substituents is 2. The summed E-state index contributed by atoms with van der Waals surface area (Å²) >= 11 is 13.6. The first-order valence-electron chi connectivity index (χ1n) is 33.0. The van der Waals surface area contributed by atoms with Crippen molar-refractivity contribution in [2.45, 2.75) is 204 Å². The van der Waals surface area contributed by atoms with Gasteiger partial charge in [-0.1, -0.05) is 200 Å². The van der Waals surface area contributed by atoms with E-state index in [1.807, 2.05) is 12.1 Å². The van der Waals surface area contributed by atoms with Crippen molar-refractivity contribution >= 4 is 66.8 Å². The topological polar surface area (TPSA) is 68.8 Å². The maximum atomic E-state index is 16.9. The molecule has 0 amide bonds. The molecule has 6 nitrogen and oxygen atoms in total. The van der Waals surface area contributed by atoms with Gasteiger partial charge >= 0.3 is 0 Å². The van der Waals surface area contributed by atoms with Crippen LogP contribution in [0, 0.1) is 37.3 Å². The summed E-state index contributed by atoms with van der Waals surface area (Å²) in [7, 11) is 0. The van der Waals surface area contributed by atoms with Gasteiger partial charge in [0.05, 0.1) is 46.7 Å². The van der Waals surface area contributed by atoms with Gasteiger partial charge in [-0.05, 0) is 187 Å². The van der Waals surface area contributed by atoms with Crippen LogP contribution in [0.15, 0.2) is 121 Å². The Kier molecular flexibility index (Phi) is 21.9. The molecule has 0 aliphatic rings. The molecule has 2 N–H and O–H groups in total. The molecule has 8 aromatic carbocycles. The molecule has 0 unspecified atom stereocenters. The molecule has 0 saturated heterocycles. The van der Waals surface area contributed by atoms with Crippen molar-refractivity contribution in [1.29, 1.82) is 0 Å². The summed E-state index contributed by atoms with van der Waals surface area (Å²) in [5, 5.41) is 30.7. The minimum atomic E-state index is -0.709. The van der Waals surface area contributed by atoms with E-state index in [0.717, 1.165) is 67.6 Å². The van der Waals surface area contributed by atoms with Gasteiger partial charge in [0.25, 0.3) is 0 Å². The summed E-state index contributed by atoms with van der Waals surface area (Å²) in [6.07, 6.45) is 1.77. The van der Waals surface area contributed by atoms with E-state index in [2.05, 4.69) is 246 Å². The average Bonchev–Trinajstić information content (AvgIpc) is 1.53. The van der Waals surface area contributed by atoms with Crippen molar-refractivity contribution in [3.8, 4) is 56.6 Å². The maximum Gasteiger partial charge on any atom is 0.167 e. The van der Waals surface area contributed by atoms with Gasteiger partial charge in [0.2, 0.25) is 0 Å². The standard InChI is InChI=1S/C83H98Cl2F2N2O4.2CH3.Hf/c1-76(2,3)46-82(19,20)52-38-60(72(90)70(40-52)88-66-28-24-48(78(7,8)9)34-56(66)57-35-49(79(10,11)12)25-29-67(57)88)62-42-54(84)44-64(86)74(62)92-32-23-33-93-75-63(43-55(85)45-65(75)87)61-39-53(83(21,22)47-77(4,5)6)41-71(73(61)91)89-68-30-26-50(80(13,14)15)36-58(68)59-37-51(81(16,17)18)27-31-69(59)89;;;/h24-31,34-45,90-91H,23,32-33,46-47H2,1-22H3;2*1H3;/q;2*-1;. The van der Waals surface area contributed by atoms with Gasteiger partial charge in [0.1, 0.15) is 11.5 Å². The monoisotopic (exact) mass is 1500 g/mol. The zero-order valence-corrected chi connectivity index (χ0v) is 66.8. The van der Waals surface area contributed by atoms with Crippen molar-refractivity contribution in [3.05, 3.63) is 191 Å². The van der Waals surface area contributed by atoms with Crippen LogP contribution in [0.25, 0.3) is 77.2 Å². The van der Waals surface area contributed by atoms with E-state index in [1.54, 1.807) is 12.1 Å². The molecule has 0 atom stereocenters. The van der Waals surface area contributed by atoms with Crippen molar-refractivity contribution in [2.24, 2.45) is 10.8 Å². The van der Waals surface area contributed by atoms with Crippen LogP contribution in [0.2, 0.25) is 10.0 Å². The molecule has 10 rings (SSSR count). The van der Waals surface area contributed by atoms with Crippen LogP contribution in [0.5, 0.6) is 23.0 Å². The number of benzene rings is 8. The zero-order valence-electron chi connectivity index (χ0n) is 61.7. The van der Waals surface area contributed by atoms with Crippen LogP contribution in [-0.2, 0) is 58.3 Å². The third-order valence-electron chi connectivity index (χ3n) is 18.5. The van der Waals surface area contributed by atoms with E-state index in [-0.39, 0.29) is 137 Å². The van der Waals surface area contributed by atoms with E-state index in [9.17, 15) is 10.2 Å². The van der Waals surface area contributed by atoms with E-state index in [4.69, 9.17) is 32.7 Å². The number of aromatic hydroxyl groups is 2. The van der Waals surface area contributed by atoms with E-state index in [0.29, 0.717) is 22.5 Å². The third-order valence-corrected chi connectivity index (χ3v) is 19.0. The molecule has 0 aliphatic carbocycles. The average molecular weight is 1510 g/mol. The predicted octanol–water partition coefficient (Wildman–Crippen LogP) is 25.6. The second-order valence-electron chi connectivity index (χ2n) is 34.2. The molecule has 11 heteroatoms. The van der Waals surface area contributed by atoms with Crippen LogP contribution in [0.4, 0.5) is 8.78 Å². The number of nitrogens with zero attached hydrogens (tertiary/aromatic N) is 2. The minimum absolute atomic E-state index is 0. The zero-order chi connectivity index (χ0) is 68.4. The number of phenols is 2. The molecular weight excluding hydrogens is 1400 g/mol. The fourth-order valence-electron chi connectivity index (χ4n) is 14.3. The Morgan fingerprint density at radius 2 is 0.635 bits per heavy atom. The van der Waals surface area contributed by atoms with Crippen molar-refractivity contribution in [3.63, 3.8) is 0 Å². The fourth-order valence-corrected chi connectivity index (χ4v) is 14.7. The first-order valence-corrected chi connectivity index (χ1v) is 33.8. The summed E-state index contributed by atoms with van der Waals surface area (Å²) in [6.45, 7) is 48.6. The van der Waals surface area contributed by atoms with Gasteiger partial charge in [-0.25, -0.2) is 8.78 Å². The Bertz CT molecular complexity index is 4130. The van der Waals surface area contributed by atoms with E-state index < -0.39 is 22.5 Å². The number of rotatable bonds is 14. The SMILES string of the molecule is CC(C)(C)CC(C)(C)c1cc(-c2cc(Cl)cc(F)c2OCCCOc2c(F)cc(Cl)cc2-c2cc(C(C)(C)CC(C)(C)C)cc(-n3c4ccc(C(C)(C)C)cc4c4cc(C(C)(C)C)ccc43)c2O)c(O)c(-n2c3ccc(C(C)(C)C)cc3c3cc(C(C)(C)C)ccc32)c1.[CH3-].[CH3-].[Hf]. The largest absolute Gasteiger partial charge is 0.505 e. The number of halogens is 4. The second kappa shape index (κ2) is 27.2. The molecule has 512 valence electrons. The first-order chi connectivity index (χ1) is 42.8. The molecular formula is C85H104Cl2F2HfN2O4-2. The normalized spacial score (nSPS) is 12.9.